The first kappa shape index (κ1) is 14.9. The van der Waals surface area contributed by atoms with Gasteiger partial charge in [0.25, 0.3) is 0 Å². The Morgan fingerprint density at radius 3 is 2.53 bits per heavy atom. The van der Waals surface area contributed by atoms with E-state index in [9.17, 15) is 4.79 Å². The number of esters is 1. The van der Waals surface area contributed by atoms with Gasteiger partial charge in [-0.15, -0.1) is 0 Å². The summed E-state index contributed by atoms with van der Waals surface area (Å²) in [4.78, 5) is 19.6. The number of hydrogen-bond donors (Lipinski definition) is 1. The summed E-state index contributed by atoms with van der Waals surface area (Å²) in [5.41, 5.74) is 1.47. The second-order valence-electron chi connectivity index (χ2n) is 3.78. The molecule has 0 unspecified atom stereocenters. The van der Waals surface area contributed by atoms with Crippen molar-refractivity contribution in [1.82, 2.24) is 9.97 Å². The van der Waals surface area contributed by atoms with E-state index in [1.54, 1.807) is 25.1 Å². The maximum Gasteiger partial charge on any atom is 0.305 e. The fourth-order valence-corrected chi connectivity index (χ4v) is 1.44. The van der Waals surface area contributed by atoms with Gasteiger partial charge in [-0.3, -0.25) is 4.79 Å². The van der Waals surface area contributed by atoms with Gasteiger partial charge in [0.15, 0.2) is 0 Å². The lowest BCUT2D eigenvalue weighted by Gasteiger charge is -2.06. The van der Waals surface area contributed by atoms with Crippen LogP contribution in [0.2, 0.25) is 0 Å². The van der Waals surface area contributed by atoms with Gasteiger partial charge in [0, 0.05) is 13.0 Å². The van der Waals surface area contributed by atoms with E-state index in [0.717, 1.165) is 11.4 Å². The summed E-state index contributed by atoms with van der Waals surface area (Å²) in [5, 5.41) is 3.07. The van der Waals surface area contributed by atoms with Gasteiger partial charge < -0.3 is 10.1 Å². The van der Waals surface area contributed by atoms with Gasteiger partial charge in [-0.1, -0.05) is 13.2 Å². The van der Waals surface area contributed by atoms with E-state index in [2.05, 4.69) is 28.4 Å². The molecule has 0 radical (unpaired) electrons. The second kappa shape index (κ2) is 8.02. The molecule has 1 N–H and O–H groups in total. The Morgan fingerprint density at radius 2 is 2.00 bits per heavy atom. The zero-order valence-corrected chi connectivity index (χ0v) is 11.2. The Kier molecular flexibility index (Phi) is 6.29. The highest BCUT2D eigenvalue weighted by molar-refractivity contribution is 5.69. The maximum absolute atomic E-state index is 11.1. The van der Waals surface area contributed by atoms with E-state index in [0.29, 0.717) is 31.9 Å². The molecule has 1 heterocycles. The highest BCUT2D eigenvalue weighted by atomic mass is 16.5. The first-order valence-corrected chi connectivity index (χ1v) is 6.23. The van der Waals surface area contributed by atoms with E-state index in [4.69, 9.17) is 4.74 Å². The van der Waals surface area contributed by atoms with Crippen LogP contribution >= 0.6 is 0 Å². The number of aromatic nitrogens is 2. The molecule has 5 heteroatoms. The van der Waals surface area contributed by atoms with Crippen LogP contribution in [0, 0.1) is 0 Å². The molecule has 0 saturated heterocycles. The molecule has 5 nitrogen and oxygen atoms in total. The van der Waals surface area contributed by atoms with Gasteiger partial charge in [-0.05, 0) is 31.6 Å². The van der Waals surface area contributed by atoms with Crippen molar-refractivity contribution in [3.05, 3.63) is 30.6 Å². The van der Waals surface area contributed by atoms with Gasteiger partial charge in [0.1, 0.15) is 0 Å². The highest BCUT2D eigenvalue weighted by Gasteiger charge is 2.03. The number of anilines is 1. The van der Waals surface area contributed by atoms with Gasteiger partial charge >= 0.3 is 5.97 Å². The Morgan fingerprint density at radius 1 is 1.37 bits per heavy atom. The number of ether oxygens (including phenoxy) is 1. The van der Waals surface area contributed by atoms with Crippen molar-refractivity contribution in [2.45, 2.75) is 19.8 Å². The van der Waals surface area contributed by atoms with E-state index in [1.807, 2.05) is 0 Å². The topological polar surface area (TPSA) is 64.1 Å². The minimum atomic E-state index is -0.183. The van der Waals surface area contributed by atoms with E-state index >= 15 is 0 Å². The van der Waals surface area contributed by atoms with Gasteiger partial charge in [-0.2, -0.15) is 0 Å². The summed E-state index contributed by atoms with van der Waals surface area (Å²) in [6.07, 6.45) is 4.36. The normalized spacial score (nSPS) is 9.74. The molecule has 0 atom stereocenters. The molecule has 1 aromatic heterocycles. The molecule has 1 aromatic rings. The Labute approximate surface area is 113 Å². The van der Waals surface area contributed by atoms with Crippen LogP contribution in [0.15, 0.2) is 19.2 Å². The van der Waals surface area contributed by atoms with Crippen molar-refractivity contribution < 1.29 is 9.53 Å². The maximum atomic E-state index is 11.1. The van der Waals surface area contributed by atoms with Crippen LogP contribution in [0.4, 0.5) is 5.95 Å². The van der Waals surface area contributed by atoms with Crippen LogP contribution in [-0.2, 0) is 9.53 Å². The fourth-order valence-electron chi connectivity index (χ4n) is 1.44. The monoisotopic (exact) mass is 261 g/mol. The smallest absolute Gasteiger partial charge is 0.305 e. The molecule has 0 aliphatic carbocycles. The van der Waals surface area contributed by atoms with Crippen LogP contribution in [0.25, 0.3) is 12.2 Å². The van der Waals surface area contributed by atoms with Crippen LogP contribution in [0.1, 0.15) is 31.2 Å². The van der Waals surface area contributed by atoms with E-state index in [1.165, 1.54) is 0 Å². The Balaban J connectivity index is 2.46. The molecule has 19 heavy (non-hydrogen) atoms. The summed E-state index contributed by atoms with van der Waals surface area (Å²) in [6.45, 7) is 10.2. The molecule has 0 saturated carbocycles. The van der Waals surface area contributed by atoms with Gasteiger partial charge in [-0.25, -0.2) is 9.97 Å². The summed E-state index contributed by atoms with van der Waals surface area (Å²) in [6, 6.07) is 1.80. The zero-order valence-electron chi connectivity index (χ0n) is 11.2. The number of carbonyl (C=O) groups excluding carboxylic acids is 1. The summed E-state index contributed by atoms with van der Waals surface area (Å²) in [7, 11) is 0. The summed E-state index contributed by atoms with van der Waals surface area (Å²) < 4.78 is 4.84. The van der Waals surface area contributed by atoms with Crippen molar-refractivity contribution in [3.8, 4) is 0 Å². The SMILES string of the molecule is C=Cc1cc(C=C)nc(NCCCC(=O)OCC)n1. The predicted octanol–water partition coefficient (Wildman–Crippen LogP) is 2.52. The van der Waals surface area contributed by atoms with Crippen LogP contribution < -0.4 is 5.32 Å². The van der Waals surface area contributed by atoms with Gasteiger partial charge in [0.2, 0.25) is 5.95 Å². The lowest BCUT2D eigenvalue weighted by Crippen LogP contribution is -2.10. The zero-order chi connectivity index (χ0) is 14.1. The quantitative estimate of drug-likeness (QED) is 0.575. The molecular formula is C14H19N3O2. The standard InChI is InChI=1S/C14H19N3O2/c1-4-11-10-12(5-2)17-14(16-11)15-9-7-8-13(18)19-6-3/h4-5,10H,1-2,6-9H2,3H3,(H,15,16,17). The first-order valence-electron chi connectivity index (χ1n) is 6.23. The van der Waals surface area contributed by atoms with Crippen molar-refractivity contribution >= 4 is 24.1 Å². The van der Waals surface area contributed by atoms with Crippen molar-refractivity contribution in [2.75, 3.05) is 18.5 Å². The number of carbonyl (C=O) groups is 1. The van der Waals surface area contributed by atoms with E-state index < -0.39 is 0 Å². The average Bonchev–Trinajstić information content (AvgIpc) is 2.43. The second-order valence-corrected chi connectivity index (χ2v) is 3.78. The lowest BCUT2D eigenvalue weighted by atomic mass is 10.3. The van der Waals surface area contributed by atoms with Crippen molar-refractivity contribution in [1.29, 1.82) is 0 Å². The molecular weight excluding hydrogens is 242 g/mol. The highest BCUT2D eigenvalue weighted by Crippen LogP contribution is 2.08. The Hall–Kier alpha value is -2.17. The molecule has 0 aliphatic heterocycles. The van der Waals surface area contributed by atoms with Crippen LogP contribution in [-0.4, -0.2) is 29.1 Å². The molecule has 0 spiro atoms. The summed E-state index contributed by atoms with van der Waals surface area (Å²) >= 11 is 0. The van der Waals surface area contributed by atoms with Crippen LogP contribution in [0.5, 0.6) is 0 Å². The molecule has 0 amide bonds. The van der Waals surface area contributed by atoms with Gasteiger partial charge in [0.05, 0.1) is 18.0 Å². The number of rotatable bonds is 8. The molecule has 0 fully saturated rings. The predicted molar refractivity (Wildman–Crippen MR) is 76.6 cm³/mol. The molecule has 0 aromatic carbocycles. The van der Waals surface area contributed by atoms with Crippen LogP contribution in [0.3, 0.4) is 0 Å². The number of hydrogen-bond acceptors (Lipinski definition) is 5. The third-order valence-electron chi connectivity index (χ3n) is 2.33. The molecule has 0 bridgehead atoms. The lowest BCUT2D eigenvalue weighted by molar-refractivity contribution is -0.143. The van der Waals surface area contributed by atoms with Crippen molar-refractivity contribution in [3.63, 3.8) is 0 Å². The van der Waals surface area contributed by atoms with Crippen molar-refractivity contribution in [2.24, 2.45) is 0 Å². The Bertz CT molecular complexity index is 432. The largest absolute Gasteiger partial charge is 0.466 e. The third-order valence-corrected chi connectivity index (χ3v) is 2.33. The first-order chi connectivity index (χ1) is 9.19. The molecule has 102 valence electrons. The fraction of sp³-hybridized carbons (Fsp3) is 0.357. The number of nitrogens with zero attached hydrogens (tertiary/aromatic N) is 2. The van der Waals surface area contributed by atoms with E-state index in [-0.39, 0.29) is 5.97 Å². The minimum absolute atomic E-state index is 0.183. The number of nitrogens with one attached hydrogen (secondary N) is 1. The average molecular weight is 261 g/mol. The molecule has 0 aliphatic rings. The minimum Gasteiger partial charge on any atom is -0.466 e. The molecule has 1 rings (SSSR count). The third kappa shape index (κ3) is 5.33. The summed E-state index contributed by atoms with van der Waals surface area (Å²) in [5.74, 6) is 0.327.